The first kappa shape index (κ1) is 14.8. The monoisotopic (exact) mass is 315 g/mol. The molecule has 0 aliphatic heterocycles. The number of hydrogen-bond donors (Lipinski definition) is 1. The van der Waals surface area contributed by atoms with Gasteiger partial charge in [0.1, 0.15) is 0 Å². The van der Waals surface area contributed by atoms with Crippen LogP contribution >= 0.6 is 23.2 Å². The minimum atomic E-state index is -1.13. The fourth-order valence-electron chi connectivity index (χ4n) is 1.65. The van der Waals surface area contributed by atoms with Gasteiger partial charge in [-0.25, -0.2) is 8.78 Å². The third-order valence-corrected chi connectivity index (χ3v) is 3.24. The molecular formula is C14H9Cl2F2NO. The molecule has 0 radical (unpaired) electrons. The van der Waals surface area contributed by atoms with Gasteiger partial charge in [0, 0.05) is 10.7 Å². The van der Waals surface area contributed by atoms with Crippen LogP contribution in [-0.4, -0.2) is 5.91 Å². The fourth-order valence-corrected chi connectivity index (χ4v) is 2.12. The number of halogens is 4. The van der Waals surface area contributed by atoms with Crippen molar-refractivity contribution >= 4 is 34.8 Å². The summed E-state index contributed by atoms with van der Waals surface area (Å²) >= 11 is 11.5. The van der Waals surface area contributed by atoms with Crippen LogP contribution in [0.15, 0.2) is 30.3 Å². The van der Waals surface area contributed by atoms with Crippen molar-refractivity contribution in [3.63, 3.8) is 0 Å². The van der Waals surface area contributed by atoms with Gasteiger partial charge in [-0.1, -0.05) is 23.2 Å². The standard InChI is InChI=1S/C14H9Cl2F2NO/c1-7-4-8(15)2-3-13(7)19-14(20)9-5-11(17)12(18)6-10(9)16/h2-6H,1H3,(H,19,20). The van der Waals surface area contributed by atoms with Crippen molar-refractivity contribution < 1.29 is 13.6 Å². The van der Waals surface area contributed by atoms with Crippen molar-refractivity contribution in [1.82, 2.24) is 0 Å². The van der Waals surface area contributed by atoms with Crippen LogP contribution < -0.4 is 5.32 Å². The second-order valence-corrected chi connectivity index (χ2v) is 5.00. The molecule has 0 saturated carbocycles. The van der Waals surface area contributed by atoms with Crippen molar-refractivity contribution in [3.05, 3.63) is 63.1 Å². The second kappa shape index (κ2) is 5.77. The molecule has 1 amide bonds. The average molecular weight is 316 g/mol. The van der Waals surface area contributed by atoms with E-state index in [1.807, 2.05) is 0 Å². The number of carbonyl (C=O) groups is 1. The molecule has 0 bridgehead atoms. The molecular weight excluding hydrogens is 307 g/mol. The van der Waals surface area contributed by atoms with E-state index in [4.69, 9.17) is 23.2 Å². The molecule has 0 fully saturated rings. The SMILES string of the molecule is Cc1cc(Cl)ccc1NC(=O)c1cc(F)c(F)cc1Cl. The molecule has 20 heavy (non-hydrogen) atoms. The lowest BCUT2D eigenvalue weighted by Crippen LogP contribution is -2.14. The lowest BCUT2D eigenvalue weighted by molar-refractivity contribution is 0.102. The maximum atomic E-state index is 13.2. The summed E-state index contributed by atoms with van der Waals surface area (Å²) in [4.78, 5) is 12.0. The van der Waals surface area contributed by atoms with Gasteiger partial charge in [0.25, 0.3) is 5.91 Å². The highest BCUT2D eigenvalue weighted by Crippen LogP contribution is 2.23. The Morgan fingerprint density at radius 3 is 2.40 bits per heavy atom. The third-order valence-electron chi connectivity index (χ3n) is 2.69. The van der Waals surface area contributed by atoms with Gasteiger partial charge in [0.15, 0.2) is 11.6 Å². The Kier molecular flexibility index (Phi) is 4.26. The van der Waals surface area contributed by atoms with E-state index in [2.05, 4.69) is 5.32 Å². The summed E-state index contributed by atoms with van der Waals surface area (Å²) in [7, 11) is 0. The molecule has 2 aromatic carbocycles. The van der Waals surface area contributed by atoms with E-state index in [9.17, 15) is 13.6 Å². The van der Waals surface area contributed by atoms with Crippen molar-refractivity contribution in [1.29, 1.82) is 0 Å². The van der Waals surface area contributed by atoms with E-state index >= 15 is 0 Å². The molecule has 0 spiro atoms. The maximum Gasteiger partial charge on any atom is 0.257 e. The summed E-state index contributed by atoms with van der Waals surface area (Å²) in [5.74, 6) is -2.86. The Balaban J connectivity index is 2.31. The van der Waals surface area contributed by atoms with Crippen LogP contribution in [0, 0.1) is 18.6 Å². The molecule has 104 valence electrons. The molecule has 6 heteroatoms. The zero-order valence-electron chi connectivity index (χ0n) is 10.3. The predicted molar refractivity (Wildman–Crippen MR) is 75.5 cm³/mol. The van der Waals surface area contributed by atoms with Crippen molar-refractivity contribution in [2.75, 3.05) is 5.32 Å². The molecule has 1 N–H and O–H groups in total. The molecule has 0 aliphatic carbocycles. The molecule has 0 atom stereocenters. The Labute approximate surface area is 124 Å². The minimum Gasteiger partial charge on any atom is -0.322 e. The van der Waals surface area contributed by atoms with E-state index in [0.29, 0.717) is 10.7 Å². The Hall–Kier alpha value is -1.65. The quantitative estimate of drug-likeness (QED) is 0.790. The first-order chi connectivity index (χ1) is 9.38. The number of anilines is 1. The smallest absolute Gasteiger partial charge is 0.257 e. The lowest BCUT2D eigenvalue weighted by Gasteiger charge is -2.10. The summed E-state index contributed by atoms with van der Waals surface area (Å²) in [6, 6.07) is 6.42. The maximum absolute atomic E-state index is 13.2. The van der Waals surface area contributed by atoms with Crippen molar-refractivity contribution in [2.45, 2.75) is 6.92 Å². The molecule has 0 heterocycles. The minimum absolute atomic E-state index is 0.139. The number of aryl methyl sites for hydroxylation is 1. The number of nitrogens with one attached hydrogen (secondary N) is 1. The summed E-state index contributed by atoms with van der Waals surface area (Å²) in [5, 5.41) is 2.94. The van der Waals surface area contributed by atoms with E-state index in [0.717, 1.165) is 17.7 Å². The van der Waals surface area contributed by atoms with Crippen LogP contribution in [-0.2, 0) is 0 Å². The van der Waals surface area contributed by atoms with Crippen molar-refractivity contribution in [2.24, 2.45) is 0 Å². The fraction of sp³-hybridized carbons (Fsp3) is 0.0714. The second-order valence-electron chi connectivity index (χ2n) is 4.16. The van der Waals surface area contributed by atoms with Crippen LogP contribution in [0.25, 0.3) is 0 Å². The van der Waals surface area contributed by atoms with Gasteiger partial charge in [-0.15, -0.1) is 0 Å². The highest BCUT2D eigenvalue weighted by Gasteiger charge is 2.15. The Morgan fingerprint density at radius 1 is 1.10 bits per heavy atom. The van der Waals surface area contributed by atoms with E-state index in [-0.39, 0.29) is 10.6 Å². The van der Waals surface area contributed by atoms with Crippen LogP contribution in [0.1, 0.15) is 15.9 Å². The average Bonchev–Trinajstić information content (AvgIpc) is 2.37. The van der Waals surface area contributed by atoms with Gasteiger partial charge in [0.05, 0.1) is 10.6 Å². The third kappa shape index (κ3) is 3.08. The molecule has 2 aromatic rings. The summed E-state index contributed by atoms with van der Waals surface area (Å²) in [6.07, 6.45) is 0. The Morgan fingerprint density at radius 2 is 1.75 bits per heavy atom. The van der Waals surface area contributed by atoms with Crippen LogP contribution in [0.5, 0.6) is 0 Å². The molecule has 0 aromatic heterocycles. The molecule has 2 nitrogen and oxygen atoms in total. The van der Waals surface area contributed by atoms with Gasteiger partial charge >= 0.3 is 0 Å². The highest BCUT2D eigenvalue weighted by atomic mass is 35.5. The normalized spacial score (nSPS) is 10.4. The first-order valence-corrected chi connectivity index (χ1v) is 6.36. The van der Waals surface area contributed by atoms with Gasteiger partial charge in [-0.3, -0.25) is 4.79 Å². The molecule has 0 saturated heterocycles. The Bertz CT molecular complexity index is 689. The largest absolute Gasteiger partial charge is 0.322 e. The van der Waals surface area contributed by atoms with Crippen LogP contribution in [0.3, 0.4) is 0 Å². The van der Waals surface area contributed by atoms with Crippen LogP contribution in [0.2, 0.25) is 10.0 Å². The number of carbonyl (C=O) groups excluding carboxylic acids is 1. The summed E-state index contributed by atoms with van der Waals surface area (Å²) < 4.78 is 26.1. The summed E-state index contributed by atoms with van der Waals surface area (Å²) in [5.41, 5.74) is 1.12. The van der Waals surface area contributed by atoms with Gasteiger partial charge in [-0.2, -0.15) is 0 Å². The number of benzene rings is 2. The van der Waals surface area contributed by atoms with Crippen molar-refractivity contribution in [3.8, 4) is 0 Å². The predicted octanol–water partition coefficient (Wildman–Crippen LogP) is 4.83. The van der Waals surface area contributed by atoms with Gasteiger partial charge in [-0.05, 0) is 42.8 Å². The zero-order chi connectivity index (χ0) is 14.9. The topological polar surface area (TPSA) is 29.1 Å². The van der Waals surface area contributed by atoms with Gasteiger partial charge < -0.3 is 5.32 Å². The number of rotatable bonds is 2. The highest BCUT2D eigenvalue weighted by molar-refractivity contribution is 6.34. The van der Waals surface area contributed by atoms with E-state index in [1.165, 1.54) is 0 Å². The number of amides is 1. The zero-order valence-corrected chi connectivity index (χ0v) is 11.8. The van der Waals surface area contributed by atoms with E-state index < -0.39 is 17.5 Å². The molecule has 0 aliphatic rings. The van der Waals surface area contributed by atoms with Crippen LogP contribution in [0.4, 0.5) is 14.5 Å². The summed E-state index contributed by atoms with van der Waals surface area (Å²) in [6.45, 7) is 1.76. The van der Waals surface area contributed by atoms with Gasteiger partial charge in [0.2, 0.25) is 0 Å². The molecule has 2 rings (SSSR count). The first-order valence-electron chi connectivity index (χ1n) is 5.60. The molecule has 0 unspecified atom stereocenters. The lowest BCUT2D eigenvalue weighted by atomic mass is 10.1. The van der Waals surface area contributed by atoms with E-state index in [1.54, 1.807) is 25.1 Å². The number of hydrogen-bond acceptors (Lipinski definition) is 1.